The van der Waals surface area contributed by atoms with Crippen LogP contribution < -0.4 is 5.76 Å². The van der Waals surface area contributed by atoms with Gasteiger partial charge in [0.25, 0.3) is 5.69 Å². The SMILES string of the molecule is CC(c1ccncc1)N(C)C(=O)CCCn1c(=O)oc2cc([N+](=O)[O-])ccc21. The zero-order chi connectivity index (χ0) is 20.3. The van der Waals surface area contributed by atoms with E-state index in [0.717, 1.165) is 5.56 Å². The van der Waals surface area contributed by atoms with Gasteiger partial charge in [-0.05, 0) is 37.1 Å². The van der Waals surface area contributed by atoms with Crippen LogP contribution in [0.25, 0.3) is 11.1 Å². The van der Waals surface area contributed by atoms with Gasteiger partial charge in [0.15, 0.2) is 5.58 Å². The number of oxazole rings is 1. The van der Waals surface area contributed by atoms with Gasteiger partial charge in [-0.15, -0.1) is 0 Å². The summed E-state index contributed by atoms with van der Waals surface area (Å²) in [5.74, 6) is -0.637. The zero-order valence-corrected chi connectivity index (χ0v) is 15.6. The Balaban J connectivity index is 1.64. The predicted octanol–water partition coefficient (Wildman–Crippen LogP) is 2.90. The third-order valence-corrected chi connectivity index (χ3v) is 4.80. The van der Waals surface area contributed by atoms with Crippen LogP contribution in [0.2, 0.25) is 0 Å². The zero-order valence-electron chi connectivity index (χ0n) is 15.6. The molecule has 9 heteroatoms. The average molecular weight is 384 g/mol. The Kier molecular flexibility index (Phi) is 5.53. The Labute approximate surface area is 160 Å². The third-order valence-electron chi connectivity index (χ3n) is 4.80. The molecule has 1 aromatic carbocycles. The molecule has 0 aliphatic heterocycles. The molecule has 9 nitrogen and oxygen atoms in total. The van der Waals surface area contributed by atoms with Crippen molar-refractivity contribution >= 4 is 22.7 Å². The number of hydrogen-bond donors (Lipinski definition) is 0. The van der Waals surface area contributed by atoms with Crippen molar-refractivity contribution in [2.75, 3.05) is 7.05 Å². The van der Waals surface area contributed by atoms with E-state index in [2.05, 4.69) is 4.98 Å². The minimum atomic E-state index is -0.596. The molecule has 0 N–H and O–H groups in total. The molecule has 3 rings (SSSR count). The number of nitro groups is 1. The summed E-state index contributed by atoms with van der Waals surface area (Å²) in [6, 6.07) is 7.67. The van der Waals surface area contributed by atoms with Gasteiger partial charge in [0.1, 0.15) is 0 Å². The van der Waals surface area contributed by atoms with E-state index in [9.17, 15) is 19.7 Å². The fourth-order valence-electron chi connectivity index (χ4n) is 3.03. The summed E-state index contributed by atoms with van der Waals surface area (Å²) in [6.45, 7) is 2.22. The van der Waals surface area contributed by atoms with Crippen molar-refractivity contribution in [1.82, 2.24) is 14.5 Å². The second-order valence-electron chi connectivity index (χ2n) is 6.49. The smallest absolute Gasteiger partial charge is 0.407 e. The standard InChI is InChI=1S/C19H20N4O5/c1-13(14-7-9-20-10-8-14)21(2)18(24)4-3-11-22-16-6-5-15(23(26)27)12-17(16)28-19(22)25/h5-10,12-13H,3-4,11H2,1-2H3. The number of carbonyl (C=O) groups is 1. The van der Waals surface area contributed by atoms with Crippen molar-refractivity contribution < 1.29 is 14.1 Å². The lowest BCUT2D eigenvalue weighted by Crippen LogP contribution is -2.29. The first-order valence-corrected chi connectivity index (χ1v) is 8.82. The summed E-state index contributed by atoms with van der Waals surface area (Å²) >= 11 is 0. The van der Waals surface area contributed by atoms with Gasteiger partial charge in [0.2, 0.25) is 5.91 Å². The molecule has 0 saturated carbocycles. The number of benzene rings is 1. The van der Waals surface area contributed by atoms with Crippen LogP contribution in [0.5, 0.6) is 0 Å². The number of non-ortho nitro benzene ring substituents is 1. The number of rotatable bonds is 7. The lowest BCUT2D eigenvalue weighted by molar-refractivity contribution is -0.384. The molecule has 2 heterocycles. The maximum absolute atomic E-state index is 12.5. The van der Waals surface area contributed by atoms with Crippen LogP contribution in [0, 0.1) is 10.1 Å². The summed E-state index contributed by atoms with van der Waals surface area (Å²) in [4.78, 5) is 40.5. The van der Waals surface area contributed by atoms with Gasteiger partial charge in [-0.1, -0.05) is 0 Å². The molecule has 2 aromatic heterocycles. The molecule has 28 heavy (non-hydrogen) atoms. The van der Waals surface area contributed by atoms with Crippen LogP contribution in [-0.4, -0.2) is 32.3 Å². The highest BCUT2D eigenvalue weighted by Gasteiger charge is 2.18. The molecule has 0 aliphatic carbocycles. The van der Waals surface area contributed by atoms with Gasteiger partial charge < -0.3 is 9.32 Å². The van der Waals surface area contributed by atoms with E-state index >= 15 is 0 Å². The molecule has 0 aliphatic rings. The van der Waals surface area contributed by atoms with Crippen molar-refractivity contribution in [2.24, 2.45) is 0 Å². The largest absolute Gasteiger partial charge is 0.419 e. The maximum atomic E-state index is 12.5. The molecule has 0 radical (unpaired) electrons. The van der Waals surface area contributed by atoms with E-state index in [1.165, 1.54) is 22.8 Å². The predicted molar refractivity (Wildman–Crippen MR) is 102 cm³/mol. The van der Waals surface area contributed by atoms with E-state index in [4.69, 9.17) is 4.42 Å². The molecule has 0 bridgehead atoms. The number of nitro benzene ring substituents is 1. The van der Waals surface area contributed by atoms with Crippen molar-refractivity contribution in [3.05, 3.63) is 69.0 Å². The second-order valence-corrected chi connectivity index (χ2v) is 6.49. The first-order valence-electron chi connectivity index (χ1n) is 8.82. The highest BCUT2D eigenvalue weighted by atomic mass is 16.6. The number of fused-ring (bicyclic) bond motifs is 1. The molecular formula is C19H20N4O5. The van der Waals surface area contributed by atoms with E-state index in [-0.39, 0.29) is 36.2 Å². The van der Waals surface area contributed by atoms with Crippen LogP contribution in [0.3, 0.4) is 0 Å². The van der Waals surface area contributed by atoms with E-state index < -0.39 is 10.7 Å². The number of aryl methyl sites for hydroxylation is 1. The van der Waals surface area contributed by atoms with E-state index in [0.29, 0.717) is 11.9 Å². The van der Waals surface area contributed by atoms with Crippen molar-refractivity contribution in [2.45, 2.75) is 32.4 Å². The van der Waals surface area contributed by atoms with Crippen LogP contribution in [0.4, 0.5) is 5.69 Å². The molecule has 0 fully saturated rings. The van der Waals surface area contributed by atoms with Crippen LogP contribution in [-0.2, 0) is 11.3 Å². The fraction of sp³-hybridized carbons (Fsp3) is 0.316. The minimum Gasteiger partial charge on any atom is -0.407 e. The number of amides is 1. The van der Waals surface area contributed by atoms with Gasteiger partial charge in [0, 0.05) is 38.5 Å². The van der Waals surface area contributed by atoms with Gasteiger partial charge >= 0.3 is 5.76 Å². The number of pyridine rings is 1. The Morgan fingerprint density at radius 3 is 2.71 bits per heavy atom. The third kappa shape index (κ3) is 3.93. The molecular weight excluding hydrogens is 364 g/mol. The molecule has 3 aromatic rings. The Bertz CT molecular complexity index is 1060. The van der Waals surface area contributed by atoms with Crippen molar-refractivity contribution in [3.8, 4) is 0 Å². The minimum absolute atomic E-state index is 0.0409. The molecule has 1 amide bonds. The van der Waals surface area contributed by atoms with E-state index in [1.54, 1.807) is 24.3 Å². The Hall–Kier alpha value is -3.49. The highest BCUT2D eigenvalue weighted by molar-refractivity contribution is 5.77. The first-order chi connectivity index (χ1) is 13.4. The molecule has 0 spiro atoms. The van der Waals surface area contributed by atoms with Gasteiger partial charge in [-0.25, -0.2) is 4.79 Å². The summed E-state index contributed by atoms with van der Waals surface area (Å²) in [5.41, 5.74) is 1.48. The first kappa shape index (κ1) is 19.3. The Morgan fingerprint density at radius 2 is 2.04 bits per heavy atom. The summed E-state index contributed by atoms with van der Waals surface area (Å²) in [6.07, 6.45) is 4.08. The Morgan fingerprint density at radius 1 is 1.32 bits per heavy atom. The monoisotopic (exact) mass is 384 g/mol. The van der Waals surface area contributed by atoms with Gasteiger partial charge in [-0.2, -0.15) is 0 Å². The van der Waals surface area contributed by atoms with Gasteiger partial charge in [0.05, 0.1) is 22.5 Å². The number of carbonyl (C=O) groups excluding carboxylic acids is 1. The van der Waals surface area contributed by atoms with Crippen molar-refractivity contribution in [1.29, 1.82) is 0 Å². The van der Waals surface area contributed by atoms with Crippen LogP contribution in [0.1, 0.15) is 31.4 Å². The highest BCUT2D eigenvalue weighted by Crippen LogP contribution is 2.21. The van der Waals surface area contributed by atoms with Crippen LogP contribution in [0.15, 0.2) is 51.9 Å². The van der Waals surface area contributed by atoms with Crippen LogP contribution >= 0.6 is 0 Å². The normalized spacial score (nSPS) is 12.1. The van der Waals surface area contributed by atoms with E-state index in [1.807, 2.05) is 19.1 Å². The number of aromatic nitrogens is 2. The number of nitrogens with zero attached hydrogens (tertiary/aromatic N) is 4. The lowest BCUT2D eigenvalue weighted by atomic mass is 10.1. The average Bonchev–Trinajstić information content (AvgIpc) is 3.01. The molecule has 146 valence electrons. The fourth-order valence-corrected chi connectivity index (χ4v) is 3.03. The van der Waals surface area contributed by atoms with Crippen molar-refractivity contribution in [3.63, 3.8) is 0 Å². The molecule has 1 unspecified atom stereocenters. The summed E-state index contributed by atoms with van der Waals surface area (Å²) in [7, 11) is 1.74. The summed E-state index contributed by atoms with van der Waals surface area (Å²) < 4.78 is 6.48. The second kappa shape index (κ2) is 8.03. The number of hydrogen-bond acceptors (Lipinski definition) is 6. The molecule has 1 atom stereocenters. The lowest BCUT2D eigenvalue weighted by Gasteiger charge is -2.25. The summed E-state index contributed by atoms with van der Waals surface area (Å²) in [5, 5.41) is 10.8. The topological polar surface area (TPSA) is 111 Å². The quantitative estimate of drug-likeness (QED) is 0.457. The van der Waals surface area contributed by atoms with Gasteiger partial charge in [-0.3, -0.25) is 24.5 Å². The molecule has 0 saturated heterocycles. The maximum Gasteiger partial charge on any atom is 0.419 e.